The molecule has 2 rings (SSSR count). The molecule has 0 aliphatic carbocycles. The quantitative estimate of drug-likeness (QED) is 0.850. The van der Waals surface area contributed by atoms with E-state index in [1.54, 1.807) is 11.3 Å². The fourth-order valence-electron chi connectivity index (χ4n) is 2.15. The Kier molecular flexibility index (Phi) is 5.25. The molecule has 0 radical (unpaired) electrons. The van der Waals surface area contributed by atoms with Crippen LogP contribution in [-0.2, 0) is 12.8 Å². The summed E-state index contributed by atoms with van der Waals surface area (Å²) in [5.41, 5.74) is 1.04. The van der Waals surface area contributed by atoms with Crippen molar-refractivity contribution in [3.8, 4) is 0 Å². The largest absolute Gasteiger partial charge is 0.339 e. The first-order valence-electron chi connectivity index (χ1n) is 6.96. The third-order valence-electron chi connectivity index (χ3n) is 3.07. The Morgan fingerprint density at radius 2 is 2.15 bits per heavy atom. The van der Waals surface area contributed by atoms with E-state index in [0.29, 0.717) is 30.1 Å². The van der Waals surface area contributed by atoms with Crippen molar-refractivity contribution in [2.45, 2.75) is 46.1 Å². The molecule has 0 aromatic carbocycles. The summed E-state index contributed by atoms with van der Waals surface area (Å²) in [4.78, 5) is 8.87. The lowest BCUT2D eigenvalue weighted by molar-refractivity contribution is 0.342. The maximum absolute atomic E-state index is 5.33. The van der Waals surface area contributed by atoms with Gasteiger partial charge in [0.2, 0.25) is 5.89 Å². The molecule has 1 atom stereocenters. The monoisotopic (exact) mass is 294 g/mol. The van der Waals surface area contributed by atoms with Gasteiger partial charge in [0.15, 0.2) is 5.82 Å². The van der Waals surface area contributed by atoms with Gasteiger partial charge in [-0.05, 0) is 26.3 Å². The van der Waals surface area contributed by atoms with Crippen molar-refractivity contribution < 1.29 is 4.52 Å². The summed E-state index contributed by atoms with van der Waals surface area (Å²) in [7, 11) is 1.97. The molecule has 5 nitrogen and oxygen atoms in total. The molecule has 2 aromatic heterocycles. The number of nitrogens with zero attached hydrogens (tertiary/aromatic N) is 3. The van der Waals surface area contributed by atoms with E-state index in [1.807, 2.05) is 19.4 Å². The second-order valence-corrected chi connectivity index (χ2v) is 6.43. The van der Waals surface area contributed by atoms with Crippen molar-refractivity contribution in [1.82, 2.24) is 20.4 Å². The molecule has 110 valence electrons. The zero-order valence-electron chi connectivity index (χ0n) is 12.5. The van der Waals surface area contributed by atoms with Gasteiger partial charge in [-0.1, -0.05) is 19.0 Å². The Hall–Kier alpha value is -1.27. The molecule has 0 aliphatic rings. The topological polar surface area (TPSA) is 63.8 Å². The SMILES string of the molecule is CNC(Cc1nc(Cc2nc(C)cs2)no1)CC(C)C. The van der Waals surface area contributed by atoms with Crippen LogP contribution in [0.1, 0.15) is 42.7 Å². The smallest absolute Gasteiger partial charge is 0.228 e. The minimum atomic E-state index is 0.380. The summed E-state index contributed by atoms with van der Waals surface area (Å²) in [5.74, 6) is 2.06. The van der Waals surface area contributed by atoms with E-state index in [1.165, 1.54) is 0 Å². The fraction of sp³-hybridized carbons (Fsp3) is 0.643. The number of hydrogen-bond donors (Lipinski definition) is 1. The number of nitrogens with one attached hydrogen (secondary N) is 1. The molecule has 0 amide bonds. The predicted molar refractivity (Wildman–Crippen MR) is 80.0 cm³/mol. The Morgan fingerprint density at radius 1 is 1.35 bits per heavy atom. The second-order valence-electron chi connectivity index (χ2n) is 5.48. The lowest BCUT2D eigenvalue weighted by Crippen LogP contribution is -2.29. The van der Waals surface area contributed by atoms with Crippen LogP contribution >= 0.6 is 11.3 Å². The van der Waals surface area contributed by atoms with Crippen molar-refractivity contribution in [3.63, 3.8) is 0 Å². The fourth-order valence-corrected chi connectivity index (χ4v) is 2.92. The van der Waals surface area contributed by atoms with Gasteiger partial charge in [-0.15, -0.1) is 11.3 Å². The van der Waals surface area contributed by atoms with Gasteiger partial charge >= 0.3 is 0 Å². The summed E-state index contributed by atoms with van der Waals surface area (Å²) in [6, 6.07) is 0.380. The number of aryl methyl sites for hydroxylation is 1. The van der Waals surface area contributed by atoms with Crippen LogP contribution in [0.15, 0.2) is 9.90 Å². The Morgan fingerprint density at radius 3 is 2.75 bits per heavy atom. The van der Waals surface area contributed by atoms with Crippen LogP contribution in [-0.4, -0.2) is 28.2 Å². The van der Waals surface area contributed by atoms with Crippen molar-refractivity contribution in [3.05, 3.63) is 27.8 Å². The normalized spacial score (nSPS) is 13.1. The Balaban J connectivity index is 1.94. The average molecular weight is 294 g/mol. The zero-order valence-corrected chi connectivity index (χ0v) is 13.3. The Labute approximate surface area is 123 Å². The first kappa shape index (κ1) is 15.1. The average Bonchev–Trinajstić information content (AvgIpc) is 2.98. The highest BCUT2D eigenvalue weighted by Crippen LogP contribution is 2.14. The van der Waals surface area contributed by atoms with Gasteiger partial charge in [-0.2, -0.15) is 4.98 Å². The van der Waals surface area contributed by atoms with Gasteiger partial charge in [-0.25, -0.2) is 4.98 Å². The molecule has 0 aliphatic heterocycles. The summed E-state index contributed by atoms with van der Waals surface area (Å²) < 4.78 is 5.33. The number of aromatic nitrogens is 3. The highest BCUT2D eigenvalue weighted by atomic mass is 32.1. The van der Waals surface area contributed by atoms with E-state index in [-0.39, 0.29) is 0 Å². The van der Waals surface area contributed by atoms with E-state index < -0.39 is 0 Å². The van der Waals surface area contributed by atoms with E-state index in [9.17, 15) is 0 Å². The van der Waals surface area contributed by atoms with E-state index in [4.69, 9.17) is 4.52 Å². The van der Waals surface area contributed by atoms with Crippen molar-refractivity contribution in [1.29, 1.82) is 0 Å². The molecule has 0 fully saturated rings. The van der Waals surface area contributed by atoms with Crippen LogP contribution in [0.2, 0.25) is 0 Å². The van der Waals surface area contributed by atoms with Crippen molar-refractivity contribution in [2.75, 3.05) is 7.05 Å². The third kappa shape index (κ3) is 4.38. The standard InChI is InChI=1S/C14H22N4OS/c1-9(2)5-11(15-4)6-13-17-12(18-19-13)7-14-16-10(3)8-20-14/h8-9,11,15H,5-7H2,1-4H3. The number of hydrogen-bond acceptors (Lipinski definition) is 6. The maximum Gasteiger partial charge on any atom is 0.228 e. The molecule has 2 heterocycles. The van der Waals surface area contributed by atoms with Crippen LogP contribution in [0.25, 0.3) is 0 Å². The molecular weight excluding hydrogens is 272 g/mol. The van der Waals surface area contributed by atoms with Gasteiger partial charge in [0.25, 0.3) is 0 Å². The van der Waals surface area contributed by atoms with E-state index in [2.05, 4.69) is 34.3 Å². The molecule has 1 unspecified atom stereocenters. The van der Waals surface area contributed by atoms with Crippen LogP contribution in [0.5, 0.6) is 0 Å². The Bertz CT molecular complexity index is 535. The van der Waals surface area contributed by atoms with Crippen LogP contribution in [0, 0.1) is 12.8 Å². The first-order chi connectivity index (χ1) is 9.56. The van der Waals surface area contributed by atoms with Crippen LogP contribution < -0.4 is 5.32 Å². The summed E-state index contributed by atoms with van der Waals surface area (Å²) >= 11 is 1.64. The molecule has 0 bridgehead atoms. The molecule has 0 saturated heterocycles. The van der Waals surface area contributed by atoms with E-state index >= 15 is 0 Å². The highest BCUT2D eigenvalue weighted by Gasteiger charge is 2.15. The van der Waals surface area contributed by atoms with Gasteiger partial charge in [-0.3, -0.25) is 0 Å². The lowest BCUT2D eigenvalue weighted by atomic mass is 10.0. The number of rotatable bonds is 7. The van der Waals surface area contributed by atoms with E-state index in [0.717, 1.165) is 23.5 Å². The summed E-state index contributed by atoms with van der Waals surface area (Å²) in [6.45, 7) is 6.42. The minimum absolute atomic E-state index is 0.380. The van der Waals surface area contributed by atoms with Crippen LogP contribution in [0.4, 0.5) is 0 Å². The molecule has 2 aromatic rings. The molecule has 1 N–H and O–H groups in total. The van der Waals surface area contributed by atoms with Crippen LogP contribution in [0.3, 0.4) is 0 Å². The van der Waals surface area contributed by atoms with Gasteiger partial charge < -0.3 is 9.84 Å². The second kappa shape index (κ2) is 6.95. The molecular formula is C14H22N4OS. The van der Waals surface area contributed by atoms with Gasteiger partial charge in [0.1, 0.15) is 5.01 Å². The lowest BCUT2D eigenvalue weighted by Gasteiger charge is -2.15. The number of thiazole rings is 1. The van der Waals surface area contributed by atoms with Crippen molar-refractivity contribution in [2.24, 2.45) is 5.92 Å². The zero-order chi connectivity index (χ0) is 14.5. The number of likely N-dealkylation sites (N-methyl/N-ethyl adjacent to an activating group) is 1. The summed E-state index contributed by atoms with van der Waals surface area (Å²) in [5, 5.41) is 10.4. The predicted octanol–water partition coefficient (Wildman–Crippen LogP) is 2.60. The van der Waals surface area contributed by atoms with Gasteiger partial charge in [0, 0.05) is 23.5 Å². The molecule has 6 heteroatoms. The minimum Gasteiger partial charge on any atom is -0.339 e. The molecule has 20 heavy (non-hydrogen) atoms. The summed E-state index contributed by atoms with van der Waals surface area (Å²) in [6.07, 6.45) is 2.52. The van der Waals surface area contributed by atoms with Gasteiger partial charge in [0.05, 0.1) is 6.42 Å². The third-order valence-corrected chi connectivity index (χ3v) is 4.04. The first-order valence-corrected chi connectivity index (χ1v) is 7.84. The molecule has 0 saturated carbocycles. The maximum atomic E-state index is 5.33. The molecule has 0 spiro atoms. The van der Waals surface area contributed by atoms with Crippen molar-refractivity contribution >= 4 is 11.3 Å². The highest BCUT2D eigenvalue weighted by molar-refractivity contribution is 7.09.